The first-order valence-electron chi connectivity index (χ1n) is 6.39. The van der Waals surface area contributed by atoms with Gasteiger partial charge in [0.25, 0.3) is 5.91 Å². The van der Waals surface area contributed by atoms with Crippen LogP contribution in [-0.4, -0.2) is 17.1 Å². The molecule has 2 N–H and O–H groups in total. The van der Waals surface area contributed by atoms with Crippen LogP contribution in [0.2, 0.25) is 5.02 Å². The van der Waals surface area contributed by atoms with E-state index in [-0.39, 0.29) is 5.91 Å². The monoisotopic (exact) mass is 297 g/mol. The summed E-state index contributed by atoms with van der Waals surface area (Å²) in [5.74, 6) is -0.298. The highest BCUT2D eigenvalue weighted by Gasteiger charge is 2.04. The number of halogens is 1. The number of aromatic nitrogens is 1. The van der Waals surface area contributed by atoms with E-state index in [1.807, 2.05) is 30.5 Å². The highest BCUT2D eigenvalue weighted by atomic mass is 35.5. The highest BCUT2D eigenvalue weighted by Crippen LogP contribution is 2.15. The summed E-state index contributed by atoms with van der Waals surface area (Å²) in [7, 11) is 0. The molecule has 21 heavy (non-hydrogen) atoms. The SMILES string of the molecule is O=C(N/N=C\c1c[nH]c2ccccc12)c1cccc(Cl)c1. The second-order valence-electron chi connectivity index (χ2n) is 4.50. The molecule has 4 nitrogen and oxygen atoms in total. The van der Waals surface area contributed by atoms with Gasteiger partial charge in [0.15, 0.2) is 0 Å². The number of hydrazone groups is 1. The van der Waals surface area contributed by atoms with Crippen molar-refractivity contribution in [3.05, 3.63) is 70.9 Å². The van der Waals surface area contributed by atoms with Crippen molar-refractivity contribution in [1.29, 1.82) is 0 Å². The third-order valence-electron chi connectivity index (χ3n) is 3.08. The lowest BCUT2D eigenvalue weighted by Crippen LogP contribution is -2.17. The van der Waals surface area contributed by atoms with Crippen LogP contribution in [-0.2, 0) is 0 Å². The molecule has 0 saturated heterocycles. The van der Waals surface area contributed by atoms with Crippen LogP contribution in [0.4, 0.5) is 0 Å². The molecule has 1 aromatic heterocycles. The molecule has 0 saturated carbocycles. The van der Waals surface area contributed by atoms with E-state index in [1.54, 1.807) is 30.5 Å². The van der Waals surface area contributed by atoms with Gasteiger partial charge in [-0.1, -0.05) is 35.9 Å². The Labute approximate surface area is 126 Å². The van der Waals surface area contributed by atoms with E-state index >= 15 is 0 Å². The average Bonchev–Trinajstić information content (AvgIpc) is 2.91. The van der Waals surface area contributed by atoms with Crippen molar-refractivity contribution in [3.8, 4) is 0 Å². The predicted octanol–water partition coefficient (Wildman–Crippen LogP) is 3.59. The summed E-state index contributed by atoms with van der Waals surface area (Å²) in [6.45, 7) is 0. The summed E-state index contributed by atoms with van der Waals surface area (Å²) in [5, 5.41) is 5.55. The van der Waals surface area contributed by atoms with Crippen LogP contribution in [0.25, 0.3) is 10.9 Å². The van der Waals surface area contributed by atoms with Crippen molar-refractivity contribution in [2.75, 3.05) is 0 Å². The van der Waals surface area contributed by atoms with Crippen LogP contribution in [0.1, 0.15) is 15.9 Å². The molecule has 0 unspecified atom stereocenters. The zero-order valence-electron chi connectivity index (χ0n) is 11.0. The number of nitrogens with zero attached hydrogens (tertiary/aromatic N) is 1. The van der Waals surface area contributed by atoms with Crippen LogP contribution < -0.4 is 5.43 Å². The van der Waals surface area contributed by atoms with Gasteiger partial charge in [-0.2, -0.15) is 5.10 Å². The summed E-state index contributed by atoms with van der Waals surface area (Å²) in [6, 6.07) is 14.6. The van der Waals surface area contributed by atoms with Gasteiger partial charge in [-0.25, -0.2) is 5.43 Å². The van der Waals surface area contributed by atoms with Gasteiger partial charge in [0.2, 0.25) is 0 Å². The van der Waals surface area contributed by atoms with Gasteiger partial charge in [0, 0.05) is 33.2 Å². The first-order chi connectivity index (χ1) is 10.2. The number of para-hydroxylation sites is 1. The maximum atomic E-state index is 11.9. The van der Waals surface area contributed by atoms with E-state index in [0.717, 1.165) is 16.5 Å². The highest BCUT2D eigenvalue weighted by molar-refractivity contribution is 6.30. The number of nitrogens with one attached hydrogen (secondary N) is 2. The molecule has 1 amide bonds. The lowest BCUT2D eigenvalue weighted by atomic mass is 10.2. The fraction of sp³-hybridized carbons (Fsp3) is 0. The van der Waals surface area contributed by atoms with E-state index in [0.29, 0.717) is 10.6 Å². The van der Waals surface area contributed by atoms with Gasteiger partial charge >= 0.3 is 0 Å². The molecule has 0 aliphatic heterocycles. The van der Waals surface area contributed by atoms with Gasteiger partial charge in [-0.15, -0.1) is 0 Å². The Hall–Kier alpha value is -2.59. The van der Waals surface area contributed by atoms with E-state index in [4.69, 9.17) is 11.6 Å². The van der Waals surface area contributed by atoms with Gasteiger partial charge in [-0.3, -0.25) is 4.79 Å². The molecule has 104 valence electrons. The molecule has 5 heteroatoms. The number of carbonyl (C=O) groups is 1. The molecule has 0 spiro atoms. The first kappa shape index (κ1) is 13.4. The van der Waals surface area contributed by atoms with Crippen molar-refractivity contribution in [2.24, 2.45) is 5.10 Å². The Morgan fingerprint density at radius 3 is 2.90 bits per heavy atom. The maximum absolute atomic E-state index is 11.9. The van der Waals surface area contributed by atoms with Crippen molar-refractivity contribution < 1.29 is 4.79 Å². The standard InChI is InChI=1S/C16H12ClN3O/c17-13-5-3-4-11(8-13)16(21)20-19-10-12-9-18-15-7-2-1-6-14(12)15/h1-10,18H,(H,20,21)/b19-10-. The smallest absolute Gasteiger partial charge is 0.271 e. The minimum atomic E-state index is -0.298. The van der Waals surface area contributed by atoms with Crippen LogP contribution in [0.5, 0.6) is 0 Å². The number of hydrogen-bond acceptors (Lipinski definition) is 2. The number of rotatable bonds is 3. The summed E-state index contributed by atoms with van der Waals surface area (Å²) in [5.41, 5.74) is 4.90. The first-order valence-corrected chi connectivity index (χ1v) is 6.77. The van der Waals surface area contributed by atoms with E-state index < -0.39 is 0 Å². The minimum Gasteiger partial charge on any atom is -0.361 e. The van der Waals surface area contributed by atoms with Crippen molar-refractivity contribution in [3.63, 3.8) is 0 Å². The van der Waals surface area contributed by atoms with Crippen LogP contribution >= 0.6 is 11.6 Å². The quantitative estimate of drug-likeness (QED) is 0.563. The fourth-order valence-electron chi connectivity index (χ4n) is 2.06. The molecule has 1 heterocycles. The third kappa shape index (κ3) is 2.95. The number of hydrogen-bond donors (Lipinski definition) is 2. The molecule has 3 rings (SSSR count). The number of carbonyl (C=O) groups excluding carboxylic acids is 1. The van der Waals surface area contributed by atoms with Crippen LogP contribution in [0, 0.1) is 0 Å². The Bertz CT molecular complexity index is 823. The van der Waals surface area contributed by atoms with Gasteiger partial charge in [0.05, 0.1) is 6.21 Å². The summed E-state index contributed by atoms with van der Waals surface area (Å²) < 4.78 is 0. The van der Waals surface area contributed by atoms with Crippen LogP contribution in [0.15, 0.2) is 59.8 Å². The molecular weight excluding hydrogens is 286 g/mol. The van der Waals surface area contributed by atoms with Gasteiger partial charge < -0.3 is 4.98 Å². The zero-order chi connectivity index (χ0) is 14.7. The summed E-state index contributed by atoms with van der Waals surface area (Å²) in [4.78, 5) is 15.0. The van der Waals surface area contributed by atoms with Crippen molar-refractivity contribution >= 4 is 34.6 Å². The lowest BCUT2D eigenvalue weighted by molar-refractivity contribution is 0.0955. The number of fused-ring (bicyclic) bond motifs is 1. The molecule has 0 radical (unpaired) electrons. The zero-order valence-corrected chi connectivity index (χ0v) is 11.8. The second-order valence-corrected chi connectivity index (χ2v) is 4.94. The molecular formula is C16H12ClN3O. The maximum Gasteiger partial charge on any atom is 0.271 e. The Kier molecular flexibility index (Phi) is 3.71. The molecule has 3 aromatic rings. The minimum absolute atomic E-state index is 0.298. The average molecular weight is 298 g/mol. The van der Waals surface area contributed by atoms with Gasteiger partial charge in [0.1, 0.15) is 0 Å². The van der Waals surface area contributed by atoms with Crippen molar-refractivity contribution in [2.45, 2.75) is 0 Å². The lowest BCUT2D eigenvalue weighted by Gasteiger charge is -1.99. The molecule has 2 aromatic carbocycles. The Morgan fingerprint density at radius 1 is 1.19 bits per heavy atom. The Morgan fingerprint density at radius 2 is 2.05 bits per heavy atom. The van der Waals surface area contributed by atoms with E-state index in [1.165, 1.54) is 0 Å². The molecule has 0 atom stereocenters. The molecule has 0 fully saturated rings. The van der Waals surface area contributed by atoms with E-state index in [2.05, 4.69) is 15.5 Å². The summed E-state index contributed by atoms with van der Waals surface area (Å²) >= 11 is 5.85. The Balaban J connectivity index is 1.74. The number of H-pyrrole nitrogens is 1. The number of benzene rings is 2. The second kappa shape index (κ2) is 5.81. The van der Waals surface area contributed by atoms with Crippen LogP contribution in [0.3, 0.4) is 0 Å². The number of aromatic amines is 1. The molecule has 0 bridgehead atoms. The van der Waals surface area contributed by atoms with Crippen molar-refractivity contribution in [1.82, 2.24) is 10.4 Å². The normalized spacial score (nSPS) is 11.1. The van der Waals surface area contributed by atoms with E-state index in [9.17, 15) is 4.79 Å². The largest absolute Gasteiger partial charge is 0.361 e. The molecule has 0 aliphatic rings. The molecule has 0 aliphatic carbocycles. The van der Waals surface area contributed by atoms with Gasteiger partial charge in [-0.05, 0) is 24.3 Å². The third-order valence-corrected chi connectivity index (χ3v) is 3.31. The topological polar surface area (TPSA) is 57.2 Å². The summed E-state index contributed by atoms with van der Waals surface area (Å²) in [6.07, 6.45) is 3.46. The fourth-order valence-corrected chi connectivity index (χ4v) is 2.25. The predicted molar refractivity (Wildman–Crippen MR) is 84.8 cm³/mol. The number of amides is 1.